The highest BCUT2D eigenvalue weighted by Crippen LogP contribution is 2.34. The maximum Gasteiger partial charge on any atom is 0.233 e. The number of rotatable bonds is 0. The minimum Gasteiger partial charge on any atom is -0.415 e. The third-order valence-corrected chi connectivity index (χ3v) is 6.04. The van der Waals surface area contributed by atoms with E-state index in [2.05, 4.69) is 0 Å². The molecule has 1 rings (SSSR count). The van der Waals surface area contributed by atoms with E-state index in [1.807, 2.05) is 0 Å². The minimum atomic E-state index is -1.52. The molecule has 1 aliphatic heterocycles. The molecule has 0 N–H and O–H groups in total. The van der Waals surface area contributed by atoms with Gasteiger partial charge in [0.25, 0.3) is 0 Å². The molecule has 0 aromatic heterocycles. The molecule has 0 bridgehead atoms. The second-order valence-electron chi connectivity index (χ2n) is 2.40. The molecule has 5 heteroatoms. The molecule has 1 saturated heterocycles. The maximum atomic E-state index is 5.68. The summed E-state index contributed by atoms with van der Waals surface area (Å²) >= 11 is 17.0. The monoisotopic (exact) mass is 218 g/mol. The summed E-state index contributed by atoms with van der Waals surface area (Å²) in [4.78, 5) is 0. The lowest BCUT2D eigenvalue weighted by molar-refractivity contribution is 0.287. The summed E-state index contributed by atoms with van der Waals surface area (Å²) in [5, 5.41) is 0. The van der Waals surface area contributed by atoms with Gasteiger partial charge in [0, 0.05) is 6.61 Å². The SMILES string of the molecule is ClC(Cl)(Cl)[SiH]1CCCCO1. The van der Waals surface area contributed by atoms with E-state index in [9.17, 15) is 0 Å². The van der Waals surface area contributed by atoms with Crippen molar-refractivity contribution in [3.8, 4) is 0 Å². The summed E-state index contributed by atoms with van der Waals surface area (Å²) in [7, 11) is -1.52. The van der Waals surface area contributed by atoms with Gasteiger partial charge in [0.15, 0.2) is 0 Å². The van der Waals surface area contributed by atoms with Crippen molar-refractivity contribution in [3.63, 3.8) is 0 Å². The summed E-state index contributed by atoms with van der Waals surface area (Å²) in [6.07, 6.45) is 2.27. The molecule has 0 spiro atoms. The van der Waals surface area contributed by atoms with E-state index in [1.54, 1.807) is 0 Å². The second kappa shape index (κ2) is 3.63. The van der Waals surface area contributed by atoms with Gasteiger partial charge in [-0.05, 0) is 12.5 Å². The Kier molecular flexibility index (Phi) is 3.32. The summed E-state index contributed by atoms with van der Waals surface area (Å²) in [6.45, 7) is 0.783. The van der Waals surface area contributed by atoms with Crippen LogP contribution in [0.15, 0.2) is 0 Å². The molecule has 0 aliphatic carbocycles. The number of hydrogen-bond acceptors (Lipinski definition) is 1. The largest absolute Gasteiger partial charge is 0.415 e. The van der Waals surface area contributed by atoms with E-state index in [1.165, 1.54) is 0 Å². The van der Waals surface area contributed by atoms with Crippen LogP contribution in [0, 0.1) is 0 Å². The van der Waals surface area contributed by atoms with Gasteiger partial charge in [0.2, 0.25) is 12.5 Å². The fourth-order valence-electron chi connectivity index (χ4n) is 0.999. The summed E-state index contributed by atoms with van der Waals surface area (Å²) in [5.41, 5.74) is 0. The van der Waals surface area contributed by atoms with Crippen molar-refractivity contribution in [1.82, 2.24) is 0 Å². The molecule has 0 aromatic rings. The van der Waals surface area contributed by atoms with Gasteiger partial charge in [-0.25, -0.2) is 0 Å². The van der Waals surface area contributed by atoms with Crippen LogP contribution in [0.4, 0.5) is 0 Å². The molecule has 1 aliphatic rings. The van der Waals surface area contributed by atoms with Crippen molar-refractivity contribution in [3.05, 3.63) is 0 Å². The lowest BCUT2D eigenvalue weighted by atomic mass is 10.4. The zero-order valence-electron chi connectivity index (χ0n) is 5.45. The second-order valence-corrected chi connectivity index (χ2v) is 8.62. The zero-order valence-corrected chi connectivity index (χ0v) is 8.87. The molecular formula is C5H9Cl3OSi. The lowest BCUT2D eigenvalue weighted by Gasteiger charge is -2.26. The first-order chi connectivity index (χ1) is 4.61. The van der Waals surface area contributed by atoms with Gasteiger partial charge in [-0.2, -0.15) is 0 Å². The average molecular weight is 220 g/mol. The van der Waals surface area contributed by atoms with Crippen LogP contribution in [0.3, 0.4) is 0 Å². The Labute approximate surface area is 77.3 Å². The van der Waals surface area contributed by atoms with Crippen molar-refractivity contribution in [2.24, 2.45) is 0 Å². The molecule has 0 saturated carbocycles. The average Bonchev–Trinajstić information content (AvgIpc) is 1.88. The molecule has 0 aromatic carbocycles. The molecule has 0 amide bonds. The Hall–Kier alpha value is 1.05. The maximum absolute atomic E-state index is 5.68. The van der Waals surface area contributed by atoms with Crippen LogP contribution in [-0.2, 0) is 4.43 Å². The van der Waals surface area contributed by atoms with E-state index in [0.29, 0.717) is 0 Å². The van der Waals surface area contributed by atoms with Crippen LogP contribution in [0.25, 0.3) is 0 Å². The van der Waals surface area contributed by atoms with Crippen LogP contribution in [0.5, 0.6) is 0 Å². The fourth-order valence-corrected chi connectivity index (χ4v) is 4.34. The van der Waals surface area contributed by atoms with Crippen LogP contribution in [0.1, 0.15) is 12.8 Å². The first-order valence-corrected chi connectivity index (χ1v) is 6.29. The number of alkyl halides is 3. The quantitative estimate of drug-likeness (QED) is 0.449. The molecule has 1 fully saturated rings. The highest BCUT2D eigenvalue weighted by atomic mass is 35.6. The molecule has 1 unspecified atom stereocenters. The third kappa shape index (κ3) is 2.59. The molecule has 0 radical (unpaired) electrons. The molecule has 10 heavy (non-hydrogen) atoms. The molecule has 1 nitrogen and oxygen atoms in total. The smallest absolute Gasteiger partial charge is 0.233 e. The van der Waals surface area contributed by atoms with E-state index < -0.39 is 12.5 Å². The van der Waals surface area contributed by atoms with Crippen molar-refractivity contribution in [2.75, 3.05) is 6.61 Å². The van der Waals surface area contributed by atoms with Gasteiger partial charge >= 0.3 is 0 Å². The van der Waals surface area contributed by atoms with Gasteiger partial charge in [0.1, 0.15) is 0 Å². The molecule has 60 valence electrons. The fraction of sp³-hybridized carbons (Fsp3) is 1.00. The standard InChI is InChI=1S/C5H9Cl3OSi/c6-5(7,8)10-4-2-1-3-9-10/h10H,1-4H2. The van der Waals surface area contributed by atoms with Gasteiger partial charge in [-0.15, -0.1) is 0 Å². The predicted octanol–water partition coefficient (Wildman–Crippen LogP) is 2.43. The van der Waals surface area contributed by atoms with Gasteiger partial charge in [0.05, 0.1) is 0 Å². The summed E-state index contributed by atoms with van der Waals surface area (Å²) < 4.78 is 4.29. The van der Waals surface area contributed by atoms with Crippen molar-refractivity contribution in [2.45, 2.75) is 22.3 Å². The van der Waals surface area contributed by atoms with Crippen LogP contribution in [0.2, 0.25) is 6.04 Å². The van der Waals surface area contributed by atoms with Crippen molar-refractivity contribution in [1.29, 1.82) is 0 Å². The minimum absolute atomic E-state index is 0.783. The van der Waals surface area contributed by atoms with Crippen molar-refractivity contribution >= 4 is 43.8 Å². The van der Waals surface area contributed by atoms with E-state index in [-0.39, 0.29) is 0 Å². The van der Waals surface area contributed by atoms with E-state index >= 15 is 0 Å². The van der Waals surface area contributed by atoms with E-state index in [0.717, 1.165) is 25.5 Å². The number of hydrogen-bond donors (Lipinski definition) is 0. The first kappa shape index (κ1) is 9.14. The predicted molar refractivity (Wildman–Crippen MR) is 47.4 cm³/mol. The van der Waals surface area contributed by atoms with Gasteiger partial charge < -0.3 is 4.43 Å². The number of halogens is 3. The summed E-state index contributed by atoms with van der Waals surface area (Å²) in [5.74, 6) is 0. The summed E-state index contributed by atoms with van der Waals surface area (Å²) in [6, 6.07) is 0.997. The Morgan fingerprint density at radius 1 is 1.20 bits per heavy atom. The molecular weight excluding hydrogens is 210 g/mol. The topological polar surface area (TPSA) is 9.23 Å². The van der Waals surface area contributed by atoms with Gasteiger partial charge in [-0.1, -0.05) is 41.2 Å². The highest BCUT2D eigenvalue weighted by Gasteiger charge is 2.36. The van der Waals surface area contributed by atoms with Crippen molar-refractivity contribution < 1.29 is 4.43 Å². The van der Waals surface area contributed by atoms with E-state index in [4.69, 9.17) is 39.2 Å². The Morgan fingerprint density at radius 3 is 2.20 bits per heavy atom. The molecule has 1 atom stereocenters. The van der Waals surface area contributed by atoms with Crippen LogP contribution < -0.4 is 0 Å². The first-order valence-electron chi connectivity index (χ1n) is 3.29. The Morgan fingerprint density at radius 2 is 1.90 bits per heavy atom. The Balaban J connectivity index is 2.39. The highest BCUT2D eigenvalue weighted by molar-refractivity contribution is 6.92. The van der Waals surface area contributed by atoms with Crippen LogP contribution >= 0.6 is 34.8 Å². The lowest BCUT2D eigenvalue weighted by Crippen LogP contribution is -2.36. The third-order valence-electron chi connectivity index (χ3n) is 1.54. The Bertz CT molecular complexity index is 108. The van der Waals surface area contributed by atoms with Crippen LogP contribution in [-0.4, -0.2) is 19.1 Å². The molecule has 1 heterocycles. The zero-order chi connectivity index (χ0) is 7.61. The van der Waals surface area contributed by atoms with Gasteiger partial charge in [-0.3, -0.25) is 0 Å². The normalized spacial score (nSPS) is 28.5.